The average Bonchev–Trinajstić information content (AvgIpc) is 2.66. The predicted octanol–water partition coefficient (Wildman–Crippen LogP) is 0.898. The number of rotatable bonds is 0. The van der Waals surface area contributed by atoms with Gasteiger partial charge in [-0.1, -0.05) is 12.2 Å². The number of esters is 2. The summed E-state index contributed by atoms with van der Waals surface area (Å²) in [7, 11) is 0. The molecule has 1 heterocycles. The van der Waals surface area contributed by atoms with E-state index in [1.807, 2.05) is 6.92 Å². The van der Waals surface area contributed by atoms with Crippen LogP contribution in [0, 0.1) is 23.2 Å². The summed E-state index contributed by atoms with van der Waals surface area (Å²) in [6, 6.07) is 0. The maximum Gasteiger partial charge on any atom is 0.320 e. The maximum absolute atomic E-state index is 11.5. The zero-order valence-corrected chi connectivity index (χ0v) is 7.32. The molecular formula is C10H10O3. The molecule has 3 nitrogen and oxygen atoms in total. The molecular weight excluding hydrogens is 168 g/mol. The summed E-state index contributed by atoms with van der Waals surface area (Å²) in [5, 5.41) is 0. The van der Waals surface area contributed by atoms with Crippen LogP contribution in [0.1, 0.15) is 13.3 Å². The lowest BCUT2D eigenvalue weighted by Gasteiger charge is -2.25. The molecule has 0 N–H and O–H groups in total. The van der Waals surface area contributed by atoms with Crippen molar-refractivity contribution in [2.75, 3.05) is 0 Å². The van der Waals surface area contributed by atoms with Gasteiger partial charge in [0.2, 0.25) is 0 Å². The Balaban J connectivity index is 2.17. The van der Waals surface area contributed by atoms with Crippen LogP contribution in [0.15, 0.2) is 12.2 Å². The molecule has 68 valence electrons. The second kappa shape index (κ2) is 1.86. The molecule has 0 radical (unpaired) electrons. The number of carbonyl (C=O) groups excluding carboxylic acids is 2. The van der Waals surface area contributed by atoms with E-state index >= 15 is 0 Å². The fourth-order valence-electron chi connectivity index (χ4n) is 3.06. The number of ether oxygens (including phenoxy) is 1. The average molecular weight is 178 g/mol. The molecule has 0 amide bonds. The van der Waals surface area contributed by atoms with Gasteiger partial charge in [0, 0.05) is 0 Å². The number of hydrogen-bond acceptors (Lipinski definition) is 3. The van der Waals surface area contributed by atoms with E-state index in [4.69, 9.17) is 4.74 Å². The zero-order chi connectivity index (χ0) is 9.22. The van der Waals surface area contributed by atoms with E-state index in [1.54, 1.807) is 0 Å². The highest BCUT2D eigenvalue weighted by molar-refractivity contribution is 6.00. The Kier molecular flexibility index (Phi) is 1.05. The van der Waals surface area contributed by atoms with Crippen LogP contribution in [0.2, 0.25) is 0 Å². The number of carbonyl (C=O) groups is 2. The van der Waals surface area contributed by atoms with E-state index in [9.17, 15) is 9.59 Å². The lowest BCUT2D eigenvalue weighted by Crippen LogP contribution is -2.34. The van der Waals surface area contributed by atoms with Gasteiger partial charge < -0.3 is 4.74 Å². The van der Waals surface area contributed by atoms with Gasteiger partial charge in [0.05, 0.1) is 11.3 Å². The third kappa shape index (κ3) is 0.598. The Morgan fingerprint density at radius 3 is 2.92 bits per heavy atom. The monoisotopic (exact) mass is 178 g/mol. The zero-order valence-electron chi connectivity index (χ0n) is 7.32. The van der Waals surface area contributed by atoms with Gasteiger partial charge in [-0.05, 0) is 25.2 Å². The molecule has 3 rings (SSSR count). The van der Waals surface area contributed by atoms with Crippen LogP contribution in [-0.4, -0.2) is 11.9 Å². The Labute approximate surface area is 75.8 Å². The topological polar surface area (TPSA) is 43.4 Å². The molecule has 2 fully saturated rings. The Morgan fingerprint density at radius 2 is 2.23 bits per heavy atom. The van der Waals surface area contributed by atoms with Gasteiger partial charge in [0.25, 0.3) is 0 Å². The van der Waals surface area contributed by atoms with Crippen molar-refractivity contribution in [3.05, 3.63) is 12.2 Å². The minimum absolute atomic E-state index is 0.199. The van der Waals surface area contributed by atoms with Crippen LogP contribution in [0.5, 0.6) is 0 Å². The van der Waals surface area contributed by atoms with Gasteiger partial charge >= 0.3 is 11.9 Å². The van der Waals surface area contributed by atoms with Crippen molar-refractivity contribution in [1.82, 2.24) is 0 Å². The lowest BCUT2D eigenvalue weighted by atomic mass is 9.72. The molecule has 1 saturated carbocycles. The van der Waals surface area contributed by atoms with Crippen LogP contribution < -0.4 is 0 Å². The highest BCUT2D eigenvalue weighted by Crippen LogP contribution is 2.59. The van der Waals surface area contributed by atoms with E-state index in [0.717, 1.165) is 6.42 Å². The van der Waals surface area contributed by atoms with Crippen LogP contribution in [0.3, 0.4) is 0 Å². The lowest BCUT2D eigenvalue weighted by molar-refractivity contribution is -0.156. The fourth-order valence-corrected chi connectivity index (χ4v) is 3.06. The first-order chi connectivity index (χ1) is 6.14. The summed E-state index contributed by atoms with van der Waals surface area (Å²) in [4.78, 5) is 22.9. The highest BCUT2D eigenvalue weighted by Gasteiger charge is 2.66. The molecule has 3 heteroatoms. The molecule has 0 aromatic carbocycles. The molecule has 0 aromatic rings. The van der Waals surface area contributed by atoms with E-state index in [1.165, 1.54) is 0 Å². The largest absolute Gasteiger partial charge is 0.392 e. The molecule has 0 aromatic heterocycles. The molecule has 2 aliphatic carbocycles. The van der Waals surface area contributed by atoms with E-state index < -0.39 is 5.41 Å². The Hall–Kier alpha value is -1.12. The Bertz CT molecular complexity index is 344. The molecule has 0 spiro atoms. The van der Waals surface area contributed by atoms with Gasteiger partial charge in [-0.25, -0.2) is 0 Å². The highest BCUT2D eigenvalue weighted by atomic mass is 16.6. The van der Waals surface area contributed by atoms with E-state index in [0.29, 0.717) is 0 Å². The van der Waals surface area contributed by atoms with Crippen molar-refractivity contribution in [1.29, 1.82) is 0 Å². The maximum atomic E-state index is 11.5. The Morgan fingerprint density at radius 1 is 1.46 bits per heavy atom. The minimum Gasteiger partial charge on any atom is -0.392 e. The third-order valence-corrected chi connectivity index (χ3v) is 3.85. The van der Waals surface area contributed by atoms with Gasteiger partial charge in [0.15, 0.2) is 0 Å². The molecule has 1 saturated heterocycles. The first-order valence-electron chi connectivity index (χ1n) is 4.58. The van der Waals surface area contributed by atoms with Crippen molar-refractivity contribution in [3.8, 4) is 0 Å². The predicted molar refractivity (Wildman–Crippen MR) is 43.4 cm³/mol. The second-order valence-electron chi connectivity index (χ2n) is 4.36. The summed E-state index contributed by atoms with van der Waals surface area (Å²) in [5.74, 6) is -0.367. The van der Waals surface area contributed by atoms with Crippen molar-refractivity contribution in [3.63, 3.8) is 0 Å². The number of allylic oxidation sites excluding steroid dienone is 2. The molecule has 13 heavy (non-hydrogen) atoms. The van der Waals surface area contributed by atoms with Crippen molar-refractivity contribution >= 4 is 11.9 Å². The van der Waals surface area contributed by atoms with Gasteiger partial charge in [-0.15, -0.1) is 0 Å². The third-order valence-electron chi connectivity index (χ3n) is 3.85. The van der Waals surface area contributed by atoms with Crippen LogP contribution in [0.25, 0.3) is 0 Å². The van der Waals surface area contributed by atoms with Gasteiger partial charge in [0.1, 0.15) is 0 Å². The number of hydrogen-bond donors (Lipinski definition) is 0. The molecule has 0 unspecified atom stereocenters. The summed E-state index contributed by atoms with van der Waals surface area (Å²) < 4.78 is 4.69. The van der Waals surface area contributed by atoms with Crippen molar-refractivity contribution < 1.29 is 14.3 Å². The number of fused-ring (bicyclic) bond motifs is 5. The van der Waals surface area contributed by atoms with E-state index in [2.05, 4.69) is 12.2 Å². The summed E-state index contributed by atoms with van der Waals surface area (Å²) in [5.41, 5.74) is -0.545. The molecule has 2 bridgehead atoms. The second-order valence-corrected chi connectivity index (χ2v) is 4.36. The van der Waals surface area contributed by atoms with Crippen LogP contribution in [-0.2, 0) is 14.3 Å². The summed E-state index contributed by atoms with van der Waals surface area (Å²) in [6.45, 7) is 1.86. The summed E-state index contributed by atoms with van der Waals surface area (Å²) in [6.07, 6.45) is 5.06. The standard InChI is InChI=1S/C10H10O3/c1-10-6-3-2-5(4-6)7(10)8(11)13-9(10)12/h2-3,5-7H,4H2,1H3/t5-,6-,7-,10+/m1/s1. The first-order valence-corrected chi connectivity index (χ1v) is 4.58. The number of cyclic esters (lactones) is 2. The van der Waals surface area contributed by atoms with Crippen molar-refractivity contribution in [2.45, 2.75) is 13.3 Å². The fraction of sp³-hybridized carbons (Fsp3) is 0.600. The van der Waals surface area contributed by atoms with Crippen LogP contribution >= 0.6 is 0 Å². The van der Waals surface area contributed by atoms with Gasteiger partial charge in [-0.2, -0.15) is 0 Å². The quantitative estimate of drug-likeness (QED) is 0.314. The molecule has 3 aliphatic rings. The van der Waals surface area contributed by atoms with Crippen LogP contribution in [0.4, 0.5) is 0 Å². The first kappa shape index (κ1) is 7.30. The van der Waals surface area contributed by atoms with E-state index in [-0.39, 0.29) is 29.7 Å². The molecule has 1 aliphatic heterocycles. The van der Waals surface area contributed by atoms with Crippen molar-refractivity contribution in [2.24, 2.45) is 23.2 Å². The molecule has 4 atom stereocenters. The smallest absolute Gasteiger partial charge is 0.320 e. The minimum atomic E-state index is -0.545. The SMILES string of the molecule is C[C@@]12C(=O)OC(=O)[C@H]1[C@@H]1C=C[C@@H]2C1. The summed E-state index contributed by atoms with van der Waals surface area (Å²) >= 11 is 0. The normalized spacial score (nSPS) is 51.3. The van der Waals surface area contributed by atoms with Gasteiger partial charge in [-0.3, -0.25) is 9.59 Å².